The first-order chi connectivity index (χ1) is 5.97. The van der Waals surface area contributed by atoms with E-state index in [1.165, 1.54) is 24.8 Å². The van der Waals surface area contributed by atoms with Crippen LogP contribution in [0.25, 0.3) is 5.32 Å². The smallest absolute Gasteiger partial charge is 0.657 e. The molecule has 0 radical (unpaired) electrons. The van der Waals surface area contributed by atoms with E-state index in [4.69, 9.17) is 0 Å². The zero-order chi connectivity index (χ0) is 8.23. The second kappa shape index (κ2) is 5.57. The van der Waals surface area contributed by atoms with Crippen molar-refractivity contribution in [2.45, 2.75) is 25.3 Å². The van der Waals surface area contributed by atoms with E-state index >= 15 is 0 Å². The third-order valence-corrected chi connectivity index (χ3v) is 2.33. The molecule has 0 N–H and O–H groups in total. The quantitative estimate of drug-likeness (QED) is 0.689. The van der Waals surface area contributed by atoms with Crippen LogP contribution in [-0.4, -0.2) is 6.54 Å². The van der Waals surface area contributed by atoms with Gasteiger partial charge in [0.15, 0.2) is 0 Å². The summed E-state index contributed by atoms with van der Waals surface area (Å²) < 4.78 is 0. The second-order valence-corrected chi connectivity index (χ2v) is 3.24. The van der Waals surface area contributed by atoms with Gasteiger partial charge in [0.2, 0.25) is 0 Å². The fourth-order valence-corrected chi connectivity index (χ4v) is 1.66. The zero-order valence-corrected chi connectivity index (χ0v) is 9.75. The summed E-state index contributed by atoms with van der Waals surface area (Å²) in [6, 6.07) is 11.8. The number of hydrogen-bond donors (Lipinski definition) is 0. The molecule has 0 saturated carbocycles. The van der Waals surface area contributed by atoms with Crippen LogP contribution in [0.15, 0.2) is 24.3 Å². The molecular formula is C11H13NPt. The van der Waals surface area contributed by atoms with Gasteiger partial charge in [-0.1, -0.05) is 19.3 Å². The van der Waals surface area contributed by atoms with E-state index in [1.54, 1.807) is 0 Å². The summed E-state index contributed by atoms with van der Waals surface area (Å²) in [5, 5.41) is 4.57. The van der Waals surface area contributed by atoms with Crippen molar-refractivity contribution in [2.24, 2.45) is 0 Å². The van der Waals surface area contributed by atoms with Gasteiger partial charge in [0.25, 0.3) is 0 Å². The fourth-order valence-electron chi connectivity index (χ4n) is 1.66. The van der Waals surface area contributed by atoms with Crippen LogP contribution in [0.4, 0.5) is 0 Å². The summed E-state index contributed by atoms with van der Waals surface area (Å²) in [6.45, 7) is 1.04. The average molecular weight is 354 g/mol. The summed E-state index contributed by atoms with van der Waals surface area (Å²) in [5.74, 6) is 0. The first-order valence-corrected chi connectivity index (χ1v) is 4.60. The predicted octanol–water partition coefficient (Wildman–Crippen LogP) is 3.08. The van der Waals surface area contributed by atoms with Gasteiger partial charge >= 0.3 is 21.1 Å². The maximum absolute atomic E-state index is 4.57. The van der Waals surface area contributed by atoms with E-state index < -0.39 is 0 Å². The Kier molecular flexibility index (Phi) is 4.69. The third kappa shape index (κ3) is 2.93. The van der Waals surface area contributed by atoms with Crippen LogP contribution in [0.2, 0.25) is 0 Å². The van der Waals surface area contributed by atoms with E-state index in [0.717, 1.165) is 6.54 Å². The Bertz CT molecular complexity index is 229. The molecular weight excluding hydrogens is 341 g/mol. The molecule has 1 fully saturated rings. The maximum Gasteiger partial charge on any atom is 2.00 e. The van der Waals surface area contributed by atoms with Gasteiger partial charge < -0.3 is 5.32 Å². The average Bonchev–Trinajstić information content (AvgIpc) is 2.21. The van der Waals surface area contributed by atoms with Crippen molar-refractivity contribution >= 4 is 0 Å². The summed E-state index contributed by atoms with van der Waals surface area (Å²) >= 11 is 0. The van der Waals surface area contributed by atoms with Crippen molar-refractivity contribution in [2.75, 3.05) is 6.54 Å². The minimum atomic E-state index is 0. The van der Waals surface area contributed by atoms with E-state index in [2.05, 4.69) is 23.5 Å². The van der Waals surface area contributed by atoms with Crippen molar-refractivity contribution < 1.29 is 21.1 Å². The number of hydrogen-bond acceptors (Lipinski definition) is 0. The molecule has 2 heteroatoms. The van der Waals surface area contributed by atoms with Crippen LogP contribution in [0.3, 0.4) is 0 Å². The van der Waals surface area contributed by atoms with Gasteiger partial charge in [-0.2, -0.15) is 35.9 Å². The van der Waals surface area contributed by atoms with Gasteiger partial charge in [0, 0.05) is 0 Å². The molecule has 1 atom stereocenters. The number of benzene rings is 1. The molecule has 0 amide bonds. The van der Waals surface area contributed by atoms with E-state index in [-0.39, 0.29) is 21.1 Å². The van der Waals surface area contributed by atoms with Crippen molar-refractivity contribution in [3.05, 3.63) is 41.2 Å². The molecule has 0 bridgehead atoms. The second-order valence-electron chi connectivity index (χ2n) is 3.24. The minimum absolute atomic E-state index is 0. The van der Waals surface area contributed by atoms with Crippen LogP contribution >= 0.6 is 0 Å². The fraction of sp³-hybridized carbons (Fsp3) is 0.455. The summed E-state index contributed by atoms with van der Waals surface area (Å²) in [6.07, 6.45) is 3.79. The van der Waals surface area contributed by atoms with Crippen molar-refractivity contribution in [1.82, 2.24) is 0 Å². The van der Waals surface area contributed by atoms with Crippen molar-refractivity contribution in [1.29, 1.82) is 0 Å². The third-order valence-electron chi connectivity index (χ3n) is 2.33. The molecule has 1 heterocycles. The Hall–Kier alpha value is -0.132. The van der Waals surface area contributed by atoms with Crippen LogP contribution < -0.4 is 0 Å². The Morgan fingerprint density at radius 2 is 2.23 bits per heavy atom. The summed E-state index contributed by atoms with van der Waals surface area (Å²) in [7, 11) is 0. The normalized spacial score (nSPS) is 22.0. The van der Waals surface area contributed by atoms with Gasteiger partial charge in [-0.05, 0) is 0 Å². The Morgan fingerprint density at radius 1 is 1.31 bits per heavy atom. The van der Waals surface area contributed by atoms with Crippen LogP contribution in [0.1, 0.15) is 30.9 Å². The predicted molar refractivity (Wildman–Crippen MR) is 50.1 cm³/mol. The maximum atomic E-state index is 4.57. The number of nitrogens with zero attached hydrogens (tertiary/aromatic N) is 1. The SMILES string of the molecule is [Pt+2].[c-]1ccccc1C1CCCC[N-]1. The standard InChI is InChI=1S/C11H13N.Pt/c1-2-6-10(7-3-1)11-8-4-5-9-12-11;/h1-3,6,11H,4-5,8-9H2;/q-2;+2. The summed E-state index contributed by atoms with van der Waals surface area (Å²) in [4.78, 5) is 0. The van der Waals surface area contributed by atoms with E-state index in [1.807, 2.05) is 12.1 Å². The van der Waals surface area contributed by atoms with Gasteiger partial charge in [0.1, 0.15) is 0 Å². The van der Waals surface area contributed by atoms with Gasteiger partial charge in [-0.15, -0.1) is 12.6 Å². The molecule has 1 aromatic rings. The molecule has 72 valence electrons. The molecule has 1 saturated heterocycles. The van der Waals surface area contributed by atoms with Gasteiger partial charge in [0.05, 0.1) is 0 Å². The minimum Gasteiger partial charge on any atom is -0.657 e. The Balaban J connectivity index is 0.000000845. The molecule has 2 rings (SSSR count). The van der Waals surface area contributed by atoms with E-state index in [0.29, 0.717) is 6.04 Å². The van der Waals surface area contributed by atoms with Crippen LogP contribution in [-0.2, 0) is 21.1 Å². The number of piperidine rings is 1. The monoisotopic (exact) mass is 354 g/mol. The zero-order valence-electron chi connectivity index (χ0n) is 7.48. The first kappa shape index (κ1) is 10.9. The molecule has 0 aromatic heterocycles. The number of rotatable bonds is 1. The molecule has 1 aliphatic heterocycles. The van der Waals surface area contributed by atoms with Crippen LogP contribution in [0, 0.1) is 6.07 Å². The van der Waals surface area contributed by atoms with Crippen molar-refractivity contribution in [3.8, 4) is 0 Å². The van der Waals surface area contributed by atoms with Gasteiger partial charge in [-0.25, -0.2) is 0 Å². The topological polar surface area (TPSA) is 14.1 Å². The van der Waals surface area contributed by atoms with E-state index in [9.17, 15) is 0 Å². The van der Waals surface area contributed by atoms with Crippen molar-refractivity contribution in [3.63, 3.8) is 0 Å². The molecule has 1 nitrogen and oxygen atoms in total. The van der Waals surface area contributed by atoms with Crippen LogP contribution in [0.5, 0.6) is 0 Å². The molecule has 13 heavy (non-hydrogen) atoms. The first-order valence-electron chi connectivity index (χ1n) is 4.60. The Labute approximate surface area is 94.2 Å². The molecule has 0 spiro atoms. The van der Waals surface area contributed by atoms with Gasteiger partial charge in [-0.3, -0.25) is 0 Å². The Morgan fingerprint density at radius 3 is 2.85 bits per heavy atom. The molecule has 1 unspecified atom stereocenters. The molecule has 0 aliphatic carbocycles. The largest absolute Gasteiger partial charge is 2.00 e. The summed E-state index contributed by atoms with van der Waals surface area (Å²) in [5.41, 5.74) is 1.26. The molecule has 1 aliphatic rings. The molecule has 1 aromatic carbocycles.